The monoisotopic (exact) mass is 488 g/mol. The molecule has 1 atom stereocenters. The summed E-state index contributed by atoms with van der Waals surface area (Å²) in [5.41, 5.74) is 1.22. The van der Waals surface area contributed by atoms with Crippen molar-refractivity contribution in [2.75, 3.05) is 0 Å². The molecule has 8 heteroatoms. The van der Waals surface area contributed by atoms with Crippen LogP contribution in [-0.4, -0.2) is 28.8 Å². The number of rotatable bonds is 8. The van der Waals surface area contributed by atoms with Crippen LogP contribution in [0.4, 0.5) is 0 Å². The Morgan fingerprint density at radius 1 is 1.00 bits per heavy atom. The Balaban J connectivity index is 2.40. The van der Waals surface area contributed by atoms with E-state index in [0.29, 0.717) is 37.6 Å². The molecule has 0 saturated carbocycles. The first-order valence-corrected chi connectivity index (χ1v) is 11.1. The lowest BCUT2D eigenvalue weighted by atomic mass is 10.1. The maximum Gasteiger partial charge on any atom is 0.243 e. The Labute approximate surface area is 197 Å². The van der Waals surface area contributed by atoms with E-state index in [9.17, 15) is 9.59 Å². The molecule has 2 aromatic rings. The number of carbonyl (C=O) groups is 2. The van der Waals surface area contributed by atoms with Crippen molar-refractivity contribution in [3.05, 3.63) is 67.6 Å². The van der Waals surface area contributed by atoms with Gasteiger partial charge >= 0.3 is 0 Å². The maximum atomic E-state index is 13.3. The highest BCUT2D eigenvalue weighted by atomic mass is 35.5. The molecule has 0 spiro atoms. The second-order valence-corrected chi connectivity index (χ2v) is 8.88. The van der Waals surface area contributed by atoms with Crippen molar-refractivity contribution in [3.8, 4) is 0 Å². The van der Waals surface area contributed by atoms with Gasteiger partial charge in [-0.3, -0.25) is 9.59 Å². The summed E-state index contributed by atoms with van der Waals surface area (Å²) in [6, 6.07) is 9.41. The van der Waals surface area contributed by atoms with Crippen molar-refractivity contribution >= 4 is 58.2 Å². The molecule has 2 amide bonds. The number of halogens is 4. The predicted molar refractivity (Wildman–Crippen MR) is 125 cm³/mol. The van der Waals surface area contributed by atoms with Crippen molar-refractivity contribution in [2.45, 2.75) is 52.2 Å². The van der Waals surface area contributed by atoms with Gasteiger partial charge in [-0.2, -0.15) is 0 Å². The maximum absolute atomic E-state index is 13.3. The summed E-state index contributed by atoms with van der Waals surface area (Å²) in [5, 5.41) is 4.61. The van der Waals surface area contributed by atoms with Crippen LogP contribution in [0.1, 0.15) is 38.3 Å². The third-order valence-electron chi connectivity index (χ3n) is 4.56. The van der Waals surface area contributed by atoms with Crippen molar-refractivity contribution in [3.63, 3.8) is 0 Å². The summed E-state index contributed by atoms with van der Waals surface area (Å²) in [4.78, 5) is 27.7. The molecule has 1 N–H and O–H groups in total. The number of nitrogens with zero attached hydrogens (tertiary/aromatic N) is 1. The van der Waals surface area contributed by atoms with Crippen LogP contribution in [0.3, 0.4) is 0 Å². The van der Waals surface area contributed by atoms with Gasteiger partial charge in [-0.15, -0.1) is 0 Å². The van der Waals surface area contributed by atoms with E-state index in [4.69, 9.17) is 46.4 Å². The number of benzene rings is 2. The van der Waals surface area contributed by atoms with Gasteiger partial charge in [-0.25, -0.2) is 0 Å². The molecular weight excluding hydrogens is 466 g/mol. The SMILES string of the molecule is CC[C@@H](C(=O)NC(C)C)N(Cc1ccc(Cl)cc1Cl)C(=O)Cc1c(Cl)cccc1Cl. The highest BCUT2D eigenvalue weighted by molar-refractivity contribution is 6.36. The topological polar surface area (TPSA) is 49.4 Å². The van der Waals surface area contributed by atoms with Crippen LogP contribution in [0.5, 0.6) is 0 Å². The minimum absolute atomic E-state index is 0.0326. The molecule has 0 bridgehead atoms. The van der Waals surface area contributed by atoms with Crippen LogP contribution in [0, 0.1) is 0 Å². The molecule has 162 valence electrons. The van der Waals surface area contributed by atoms with E-state index in [0.717, 1.165) is 0 Å². The minimum Gasteiger partial charge on any atom is -0.352 e. The number of amides is 2. The van der Waals surface area contributed by atoms with Crippen molar-refractivity contribution < 1.29 is 9.59 Å². The van der Waals surface area contributed by atoms with Gasteiger partial charge in [0, 0.05) is 32.7 Å². The molecule has 30 heavy (non-hydrogen) atoms. The second kappa shape index (κ2) is 11.2. The zero-order valence-electron chi connectivity index (χ0n) is 17.0. The van der Waals surface area contributed by atoms with Gasteiger partial charge < -0.3 is 10.2 Å². The fraction of sp³-hybridized carbons (Fsp3) is 0.364. The average molecular weight is 490 g/mol. The van der Waals surface area contributed by atoms with Crippen LogP contribution in [-0.2, 0) is 22.6 Å². The highest BCUT2D eigenvalue weighted by Gasteiger charge is 2.30. The minimum atomic E-state index is -0.673. The molecule has 0 fully saturated rings. The van der Waals surface area contributed by atoms with Crippen molar-refractivity contribution in [1.29, 1.82) is 0 Å². The van der Waals surface area contributed by atoms with E-state index in [1.807, 2.05) is 20.8 Å². The number of hydrogen-bond acceptors (Lipinski definition) is 2. The lowest BCUT2D eigenvalue weighted by Crippen LogP contribution is -2.50. The fourth-order valence-corrected chi connectivity index (χ4v) is 4.09. The summed E-state index contributed by atoms with van der Waals surface area (Å²) in [6.45, 7) is 5.75. The van der Waals surface area contributed by atoms with E-state index in [-0.39, 0.29) is 30.8 Å². The van der Waals surface area contributed by atoms with Crippen LogP contribution in [0.15, 0.2) is 36.4 Å². The summed E-state index contributed by atoms with van der Waals surface area (Å²) >= 11 is 24.8. The first-order valence-electron chi connectivity index (χ1n) is 9.60. The van der Waals surface area contributed by atoms with Crippen LogP contribution < -0.4 is 5.32 Å². The van der Waals surface area contributed by atoms with Gasteiger partial charge in [0.1, 0.15) is 6.04 Å². The highest BCUT2D eigenvalue weighted by Crippen LogP contribution is 2.27. The predicted octanol–water partition coefficient (Wildman–Crippen LogP) is 6.17. The van der Waals surface area contributed by atoms with Gasteiger partial charge in [-0.1, -0.05) is 65.5 Å². The third kappa shape index (κ3) is 6.52. The number of carbonyl (C=O) groups excluding carboxylic acids is 2. The van der Waals surface area contributed by atoms with E-state index < -0.39 is 6.04 Å². The summed E-state index contributed by atoms with van der Waals surface area (Å²) in [6.07, 6.45) is 0.404. The van der Waals surface area contributed by atoms with E-state index in [2.05, 4.69) is 5.32 Å². The quantitative estimate of drug-likeness (QED) is 0.481. The van der Waals surface area contributed by atoms with E-state index >= 15 is 0 Å². The molecular formula is C22H24Cl4N2O2. The molecule has 4 nitrogen and oxygen atoms in total. The standard InChI is InChI=1S/C22H24Cl4N2O2/c1-4-20(22(30)27-13(2)3)28(12-14-8-9-15(23)10-19(14)26)21(29)11-16-17(24)6-5-7-18(16)25/h5-10,13,20H,4,11-12H2,1-3H3,(H,27,30)/t20-/m0/s1. The fourth-order valence-electron chi connectivity index (χ4n) is 3.09. The molecule has 2 aromatic carbocycles. The molecule has 0 heterocycles. The second-order valence-electron chi connectivity index (χ2n) is 7.22. The van der Waals surface area contributed by atoms with Gasteiger partial charge in [0.25, 0.3) is 0 Å². The van der Waals surface area contributed by atoms with Gasteiger partial charge in [-0.05, 0) is 55.7 Å². The largest absolute Gasteiger partial charge is 0.352 e. The lowest BCUT2D eigenvalue weighted by molar-refractivity contribution is -0.141. The summed E-state index contributed by atoms with van der Waals surface area (Å²) in [5.74, 6) is -0.502. The molecule has 0 radical (unpaired) electrons. The third-order valence-corrected chi connectivity index (χ3v) is 5.86. The summed E-state index contributed by atoms with van der Waals surface area (Å²) < 4.78 is 0. The molecule has 0 unspecified atom stereocenters. The first-order chi connectivity index (χ1) is 14.1. The van der Waals surface area contributed by atoms with Gasteiger partial charge in [0.15, 0.2) is 0 Å². The normalized spacial score (nSPS) is 12.0. The van der Waals surface area contributed by atoms with Crippen LogP contribution >= 0.6 is 46.4 Å². The molecule has 0 aromatic heterocycles. The first kappa shape index (κ1) is 24.8. The number of hydrogen-bond donors (Lipinski definition) is 1. The molecule has 0 aliphatic carbocycles. The van der Waals surface area contributed by atoms with Gasteiger partial charge in [0.2, 0.25) is 11.8 Å². The zero-order valence-corrected chi connectivity index (χ0v) is 20.0. The van der Waals surface area contributed by atoms with Crippen LogP contribution in [0.2, 0.25) is 20.1 Å². The number of nitrogens with one attached hydrogen (secondary N) is 1. The van der Waals surface area contributed by atoms with E-state index in [1.54, 1.807) is 36.4 Å². The summed E-state index contributed by atoms with van der Waals surface area (Å²) in [7, 11) is 0. The van der Waals surface area contributed by atoms with Crippen LogP contribution in [0.25, 0.3) is 0 Å². The zero-order chi connectivity index (χ0) is 22.4. The Morgan fingerprint density at radius 3 is 2.17 bits per heavy atom. The molecule has 0 aliphatic rings. The van der Waals surface area contributed by atoms with Crippen molar-refractivity contribution in [1.82, 2.24) is 10.2 Å². The Morgan fingerprint density at radius 2 is 1.63 bits per heavy atom. The Bertz CT molecular complexity index is 898. The molecule has 0 saturated heterocycles. The van der Waals surface area contributed by atoms with Gasteiger partial charge in [0.05, 0.1) is 6.42 Å². The smallest absolute Gasteiger partial charge is 0.243 e. The molecule has 2 rings (SSSR count). The lowest BCUT2D eigenvalue weighted by Gasteiger charge is -2.31. The van der Waals surface area contributed by atoms with Crippen molar-refractivity contribution in [2.24, 2.45) is 0 Å². The van der Waals surface area contributed by atoms with E-state index in [1.165, 1.54) is 4.90 Å². The molecule has 0 aliphatic heterocycles. The average Bonchev–Trinajstić information content (AvgIpc) is 2.65. The Hall–Kier alpha value is -1.46. The Kier molecular flexibility index (Phi) is 9.30.